The average molecular weight is 298 g/mol. The molecule has 94 valence electrons. The predicted molar refractivity (Wildman–Crippen MR) is 74.6 cm³/mol. The Labute approximate surface area is 112 Å². The van der Waals surface area contributed by atoms with E-state index in [1.54, 1.807) is 7.11 Å². The number of rotatable bonds is 5. The SMILES string of the molecule is CNC(Cc1cc(OC)ccc1Br)C1(C)CC1. The van der Waals surface area contributed by atoms with Gasteiger partial charge in [-0.2, -0.15) is 0 Å². The predicted octanol–water partition coefficient (Wildman–Crippen LogP) is 3.39. The lowest BCUT2D eigenvalue weighted by molar-refractivity contribution is 0.374. The first-order valence-corrected chi connectivity index (χ1v) is 6.88. The minimum absolute atomic E-state index is 0.483. The third-order valence-electron chi connectivity index (χ3n) is 3.91. The van der Waals surface area contributed by atoms with Crippen molar-refractivity contribution in [1.82, 2.24) is 5.32 Å². The highest BCUT2D eigenvalue weighted by atomic mass is 79.9. The molecule has 0 spiro atoms. The maximum Gasteiger partial charge on any atom is 0.119 e. The Morgan fingerprint density at radius 3 is 2.71 bits per heavy atom. The monoisotopic (exact) mass is 297 g/mol. The van der Waals surface area contributed by atoms with E-state index < -0.39 is 0 Å². The van der Waals surface area contributed by atoms with E-state index in [2.05, 4.69) is 47.4 Å². The summed E-state index contributed by atoms with van der Waals surface area (Å²) >= 11 is 3.62. The number of likely N-dealkylation sites (N-methyl/N-ethyl adjacent to an activating group) is 1. The Kier molecular flexibility index (Phi) is 3.79. The number of methoxy groups -OCH3 is 1. The fraction of sp³-hybridized carbons (Fsp3) is 0.571. The molecule has 0 radical (unpaired) electrons. The van der Waals surface area contributed by atoms with Crippen molar-refractivity contribution in [3.05, 3.63) is 28.2 Å². The van der Waals surface area contributed by atoms with Crippen molar-refractivity contribution >= 4 is 15.9 Å². The molecule has 1 aliphatic rings. The van der Waals surface area contributed by atoms with Crippen molar-refractivity contribution in [3.63, 3.8) is 0 Å². The molecule has 1 aromatic rings. The molecule has 0 amide bonds. The van der Waals surface area contributed by atoms with Gasteiger partial charge < -0.3 is 10.1 Å². The lowest BCUT2D eigenvalue weighted by Crippen LogP contribution is -2.35. The lowest BCUT2D eigenvalue weighted by Gasteiger charge is -2.23. The maximum atomic E-state index is 5.29. The van der Waals surface area contributed by atoms with Crippen molar-refractivity contribution in [1.29, 1.82) is 0 Å². The number of benzene rings is 1. The Balaban J connectivity index is 2.16. The smallest absolute Gasteiger partial charge is 0.119 e. The standard InChI is InChI=1S/C14H20BrNO/c1-14(6-7-14)13(16-2)9-10-8-11(17-3)4-5-12(10)15/h4-5,8,13,16H,6-7,9H2,1-3H3. The summed E-state index contributed by atoms with van der Waals surface area (Å²) in [5, 5.41) is 3.46. The van der Waals surface area contributed by atoms with Crippen LogP contribution in [0.2, 0.25) is 0 Å². The second-order valence-electron chi connectivity index (χ2n) is 5.16. The number of nitrogens with one attached hydrogen (secondary N) is 1. The van der Waals surface area contributed by atoms with Gasteiger partial charge in [0.1, 0.15) is 5.75 Å². The minimum Gasteiger partial charge on any atom is -0.497 e. The van der Waals surface area contributed by atoms with Crippen LogP contribution in [0, 0.1) is 5.41 Å². The molecule has 3 heteroatoms. The summed E-state index contributed by atoms with van der Waals surface area (Å²) in [6, 6.07) is 6.72. The molecule has 1 fully saturated rings. The molecular weight excluding hydrogens is 278 g/mol. The van der Waals surface area contributed by atoms with E-state index in [9.17, 15) is 0 Å². The zero-order valence-corrected chi connectivity index (χ0v) is 12.3. The van der Waals surface area contributed by atoms with Gasteiger partial charge in [0.05, 0.1) is 7.11 Å². The van der Waals surface area contributed by atoms with Crippen LogP contribution in [0.25, 0.3) is 0 Å². The molecule has 0 heterocycles. The third-order valence-corrected chi connectivity index (χ3v) is 4.68. The highest BCUT2D eigenvalue weighted by molar-refractivity contribution is 9.10. The van der Waals surface area contributed by atoms with Crippen LogP contribution in [0.3, 0.4) is 0 Å². The number of hydrogen-bond donors (Lipinski definition) is 1. The lowest BCUT2D eigenvalue weighted by atomic mass is 9.92. The quantitative estimate of drug-likeness (QED) is 0.899. The van der Waals surface area contributed by atoms with Gasteiger partial charge in [0.15, 0.2) is 0 Å². The summed E-state index contributed by atoms with van der Waals surface area (Å²) in [5.74, 6) is 0.930. The molecular formula is C14H20BrNO. The number of ether oxygens (including phenoxy) is 1. The van der Waals surface area contributed by atoms with Gasteiger partial charge in [-0.15, -0.1) is 0 Å². The van der Waals surface area contributed by atoms with Gasteiger partial charge in [0.25, 0.3) is 0 Å². The molecule has 1 unspecified atom stereocenters. The molecule has 2 nitrogen and oxygen atoms in total. The summed E-state index contributed by atoms with van der Waals surface area (Å²) in [7, 11) is 3.77. The van der Waals surface area contributed by atoms with Crippen LogP contribution in [-0.2, 0) is 6.42 Å². The Bertz CT molecular complexity index is 401. The van der Waals surface area contributed by atoms with Gasteiger partial charge in [-0.25, -0.2) is 0 Å². The second kappa shape index (κ2) is 4.99. The highest BCUT2D eigenvalue weighted by Gasteiger charge is 2.44. The van der Waals surface area contributed by atoms with Gasteiger partial charge >= 0.3 is 0 Å². The van der Waals surface area contributed by atoms with Gasteiger partial charge in [-0.05, 0) is 55.5 Å². The Morgan fingerprint density at radius 2 is 2.18 bits per heavy atom. The van der Waals surface area contributed by atoms with Gasteiger partial charge in [0, 0.05) is 10.5 Å². The first kappa shape index (κ1) is 12.9. The van der Waals surface area contributed by atoms with E-state index in [0.29, 0.717) is 11.5 Å². The molecule has 1 saturated carbocycles. The molecule has 1 atom stereocenters. The van der Waals surface area contributed by atoms with E-state index in [-0.39, 0.29) is 0 Å². The summed E-state index contributed by atoms with van der Waals surface area (Å²) in [6.07, 6.45) is 3.71. The van der Waals surface area contributed by atoms with Crippen molar-refractivity contribution in [3.8, 4) is 5.75 Å². The summed E-state index contributed by atoms with van der Waals surface area (Å²) < 4.78 is 6.45. The topological polar surface area (TPSA) is 21.3 Å². The van der Waals surface area contributed by atoms with Crippen LogP contribution in [0.4, 0.5) is 0 Å². The molecule has 0 aliphatic heterocycles. The second-order valence-corrected chi connectivity index (χ2v) is 6.01. The van der Waals surface area contributed by atoms with Crippen LogP contribution < -0.4 is 10.1 Å². The zero-order chi connectivity index (χ0) is 12.5. The van der Waals surface area contributed by atoms with Crippen LogP contribution in [0.1, 0.15) is 25.3 Å². The third kappa shape index (κ3) is 2.83. The van der Waals surface area contributed by atoms with E-state index in [1.807, 2.05) is 6.07 Å². The first-order valence-electron chi connectivity index (χ1n) is 6.09. The Hall–Kier alpha value is -0.540. The van der Waals surface area contributed by atoms with Gasteiger partial charge in [-0.1, -0.05) is 22.9 Å². The van der Waals surface area contributed by atoms with Gasteiger partial charge in [-0.3, -0.25) is 0 Å². The Morgan fingerprint density at radius 1 is 1.47 bits per heavy atom. The highest BCUT2D eigenvalue weighted by Crippen LogP contribution is 2.49. The van der Waals surface area contributed by atoms with E-state index in [0.717, 1.165) is 12.2 Å². The number of halogens is 1. The largest absolute Gasteiger partial charge is 0.497 e. The van der Waals surface area contributed by atoms with Crippen molar-refractivity contribution < 1.29 is 4.74 Å². The van der Waals surface area contributed by atoms with Crippen LogP contribution in [-0.4, -0.2) is 20.2 Å². The van der Waals surface area contributed by atoms with E-state index >= 15 is 0 Å². The van der Waals surface area contributed by atoms with Crippen molar-refractivity contribution in [2.45, 2.75) is 32.2 Å². The summed E-state index contributed by atoms with van der Waals surface area (Å²) in [6.45, 7) is 2.36. The molecule has 0 saturated heterocycles. The number of hydrogen-bond acceptors (Lipinski definition) is 2. The van der Waals surface area contributed by atoms with E-state index in [1.165, 1.54) is 22.9 Å². The fourth-order valence-corrected chi connectivity index (χ4v) is 2.71. The van der Waals surface area contributed by atoms with Crippen LogP contribution in [0.15, 0.2) is 22.7 Å². The van der Waals surface area contributed by atoms with E-state index in [4.69, 9.17) is 4.74 Å². The normalized spacial score (nSPS) is 18.8. The fourth-order valence-electron chi connectivity index (χ4n) is 2.30. The molecule has 1 aromatic carbocycles. The zero-order valence-electron chi connectivity index (χ0n) is 10.7. The average Bonchev–Trinajstić information content (AvgIpc) is 3.07. The maximum absolute atomic E-state index is 5.29. The molecule has 0 bridgehead atoms. The molecule has 0 aromatic heterocycles. The first-order chi connectivity index (χ1) is 8.09. The molecule has 1 aliphatic carbocycles. The van der Waals surface area contributed by atoms with Crippen LogP contribution >= 0.6 is 15.9 Å². The van der Waals surface area contributed by atoms with Crippen LogP contribution in [0.5, 0.6) is 5.75 Å². The summed E-state index contributed by atoms with van der Waals surface area (Å²) in [5.41, 5.74) is 1.80. The van der Waals surface area contributed by atoms with Gasteiger partial charge in [0.2, 0.25) is 0 Å². The van der Waals surface area contributed by atoms with Crippen molar-refractivity contribution in [2.24, 2.45) is 5.41 Å². The van der Waals surface area contributed by atoms with Crippen molar-refractivity contribution in [2.75, 3.05) is 14.2 Å². The molecule has 2 rings (SSSR count). The summed E-state index contributed by atoms with van der Waals surface area (Å²) in [4.78, 5) is 0. The molecule has 17 heavy (non-hydrogen) atoms. The molecule has 1 N–H and O–H groups in total. The minimum atomic E-state index is 0.483.